The Kier molecular flexibility index (Phi) is 4.58. The van der Waals surface area contributed by atoms with Gasteiger partial charge in [0.15, 0.2) is 0 Å². The Labute approximate surface area is 151 Å². The van der Waals surface area contributed by atoms with Crippen LogP contribution >= 0.6 is 0 Å². The maximum Gasteiger partial charge on any atom is 0.331 e. The lowest BCUT2D eigenvalue weighted by molar-refractivity contribution is -0.120. The zero-order valence-corrected chi connectivity index (χ0v) is 16.1. The number of nitrogens with zero attached hydrogens (tertiary/aromatic N) is 2. The zero-order valence-electron chi connectivity index (χ0n) is 15.3. The first-order chi connectivity index (χ1) is 12.1. The molecule has 2 atom stereocenters. The number of sulfonamides is 1. The Morgan fingerprint density at radius 3 is 2.38 bits per heavy atom. The van der Waals surface area contributed by atoms with E-state index < -0.39 is 26.8 Å². The van der Waals surface area contributed by atoms with Crippen LogP contribution in [-0.2, 0) is 27.8 Å². The van der Waals surface area contributed by atoms with Crippen LogP contribution in [0.25, 0.3) is 10.9 Å². The third-order valence-corrected chi connectivity index (χ3v) is 6.65. The molecule has 0 unspecified atom stereocenters. The van der Waals surface area contributed by atoms with Crippen molar-refractivity contribution in [1.29, 1.82) is 0 Å². The van der Waals surface area contributed by atoms with E-state index >= 15 is 0 Å². The van der Waals surface area contributed by atoms with Crippen LogP contribution in [0.3, 0.4) is 0 Å². The standard InChI is InChI=1S/C17H23N3O5S/c1-5-19-14-8-7-12(9-13(14)15(21)20(6-2)16(19)22)26(23,24)18-17(4)10-25-11(17)3/h7-9,11,18H,5-6,10H2,1-4H3/t11-,17-/m0/s1. The molecule has 1 saturated heterocycles. The maximum absolute atomic E-state index is 12.8. The first-order valence-electron chi connectivity index (χ1n) is 8.57. The van der Waals surface area contributed by atoms with E-state index in [-0.39, 0.29) is 22.9 Å². The molecule has 1 N–H and O–H groups in total. The molecule has 0 aliphatic carbocycles. The fourth-order valence-corrected chi connectivity index (χ4v) is 4.61. The van der Waals surface area contributed by atoms with Gasteiger partial charge in [0.05, 0.1) is 34.0 Å². The van der Waals surface area contributed by atoms with Gasteiger partial charge < -0.3 is 4.74 Å². The second kappa shape index (κ2) is 6.33. The summed E-state index contributed by atoms with van der Waals surface area (Å²) in [4.78, 5) is 25.0. The van der Waals surface area contributed by atoms with Crippen molar-refractivity contribution in [2.24, 2.45) is 0 Å². The van der Waals surface area contributed by atoms with Gasteiger partial charge in [-0.15, -0.1) is 0 Å². The zero-order chi connectivity index (χ0) is 19.3. The van der Waals surface area contributed by atoms with Gasteiger partial charge in [0.1, 0.15) is 0 Å². The van der Waals surface area contributed by atoms with Crippen molar-refractivity contribution in [3.63, 3.8) is 0 Å². The maximum atomic E-state index is 12.8. The molecule has 1 aromatic carbocycles. The number of fused-ring (bicyclic) bond motifs is 1. The van der Waals surface area contributed by atoms with E-state index in [1.54, 1.807) is 27.7 Å². The molecular formula is C17H23N3O5S. The van der Waals surface area contributed by atoms with Crippen LogP contribution in [0.5, 0.6) is 0 Å². The summed E-state index contributed by atoms with van der Waals surface area (Å²) < 4.78 is 36.1. The lowest BCUT2D eigenvalue weighted by atomic mass is 9.93. The molecule has 0 spiro atoms. The summed E-state index contributed by atoms with van der Waals surface area (Å²) >= 11 is 0. The van der Waals surface area contributed by atoms with Crippen molar-refractivity contribution in [3.8, 4) is 0 Å². The molecule has 3 rings (SSSR count). The van der Waals surface area contributed by atoms with Crippen molar-refractivity contribution in [2.45, 2.75) is 57.3 Å². The highest BCUT2D eigenvalue weighted by Crippen LogP contribution is 2.27. The smallest absolute Gasteiger partial charge is 0.331 e. The summed E-state index contributed by atoms with van der Waals surface area (Å²) in [6.07, 6.45) is -0.236. The molecule has 2 aromatic rings. The molecule has 1 aromatic heterocycles. The average molecular weight is 381 g/mol. The van der Waals surface area contributed by atoms with Crippen LogP contribution in [-0.4, -0.2) is 35.8 Å². The van der Waals surface area contributed by atoms with Gasteiger partial charge in [-0.05, 0) is 45.9 Å². The van der Waals surface area contributed by atoms with Gasteiger partial charge in [-0.25, -0.2) is 17.9 Å². The summed E-state index contributed by atoms with van der Waals surface area (Å²) in [5.41, 5.74) is -1.13. The Morgan fingerprint density at radius 2 is 1.88 bits per heavy atom. The molecule has 0 saturated carbocycles. The molecule has 9 heteroatoms. The van der Waals surface area contributed by atoms with Crippen molar-refractivity contribution < 1.29 is 13.2 Å². The van der Waals surface area contributed by atoms with Crippen LogP contribution in [0.4, 0.5) is 0 Å². The Bertz CT molecular complexity index is 1090. The van der Waals surface area contributed by atoms with Crippen molar-refractivity contribution in [3.05, 3.63) is 39.0 Å². The molecule has 26 heavy (non-hydrogen) atoms. The third-order valence-electron chi connectivity index (χ3n) is 5.04. The predicted octanol–water partition coefficient (Wildman–Crippen LogP) is 0.659. The normalized spacial score (nSPS) is 23.2. The van der Waals surface area contributed by atoms with E-state index in [1.807, 2.05) is 0 Å². The molecule has 2 heterocycles. The fraction of sp³-hybridized carbons (Fsp3) is 0.529. The molecular weight excluding hydrogens is 358 g/mol. The van der Waals surface area contributed by atoms with E-state index in [4.69, 9.17) is 4.74 Å². The number of benzene rings is 1. The van der Waals surface area contributed by atoms with E-state index in [0.29, 0.717) is 18.7 Å². The average Bonchev–Trinajstić information content (AvgIpc) is 2.60. The molecule has 142 valence electrons. The van der Waals surface area contributed by atoms with Crippen LogP contribution in [0.2, 0.25) is 0 Å². The van der Waals surface area contributed by atoms with Crippen molar-refractivity contribution in [2.75, 3.05) is 6.61 Å². The van der Waals surface area contributed by atoms with Crippen LogP contribution < -0.4 is 16.0 Å². The molecule has 8 nitrogen and oxygen atoms in total. The third kappa shape index (κ3) is 2.80. The van der Waals surface area contributed by atoms with Crippen LogP contribution in [0, 0.1) is 0 Å². The number of rotatable bonds is 5. The first-order valence-corrected chi connectivity index (χ1v) is 10.1. The molecule has 0 bridgehead atoms. The first kappa shape index (κ1) is 18.8. The Morgan fingerprint density at radius 1 is 1.23 bits per heavy atom. The summed E-state index contributed by atoms with van der Waals surface area (Å²) in [5, 5.41) is 0.208. The van der Waals surface area contributed by atoms with E-state index in [9.17, 15) is 18.0 Å². The quantitative estimate of drug-likeness (QED) is 0.820. The highest BCUT2D eigenvalue weighted by atomic mass is 32.2. The monoisotopic (exact) mass is 381 g/mol. The number of hydrogen-bond donors (Lipinski definition) is 1. The number of ether oxygens (including phenoxy) is 1. The molecule has 0 amide bonds. The predicted molar refractivity (Wildman–Crippen MR) is 98.0 cm³/mol. The van der Waals surface area contributed by atoms with E-state index in [1.165, 1.54) is 22.8 Å². The van der Waals surface area contributed by atoms with E-state index in [0.717, 1.165) is 4.57 Å². The summed E-state index contributed by atoms with van der Waals surface area (Å²) in [7, 11) is -3.83. The van der Waals surface area contributed by atoms with Gasteiger partial charge in [0.25, 0.3) is 5.56 Å². The van der Waals surface area contributed by atoms with Gasteiger partial charge >= 0.3 is 5.69 Å². The lowest BCUT2D eigenvalue weighted by Gasteiger charge is -2.44. The Balaban J connectivity index is 2.18. The summed E-state index contributed by atoms with van der Waals surface area (Å²) in [6.45, 7) is 7.97. The molecule has 0 radical (unpaired) electrons. The second-order valence-electron chi connectivity index (χ2n) is 6.73. The van der Waals surface area contributed by atoms with Crippen molar-refractivity contribution >= 4 is 20.9 Å². The van der Waals surface area contributed by atoms with Gasteiger partial charge in [-0.2, -0.15) is 0 Å². The minimum Gasteiger partial charge on any atom is -0.374 e. The second-order valence-corrected chi connectivity index (χ2v) is 8.41. The van der Waals surface area contributed by atoms with E-state index in [2.05, 4.69) is 4.72 Å². The topological polar surface area (TPSA) is 99.4 Å². The molecule has 1 aliphatic rings. The molecule has 1 fully saturated rings. The number of aromatic nitrogens is 2. The largest absolute Gasteiger partial charge is 0.374 e. The van der Waals surface area contributed by atoms with Crippen molar-refractivity contribution in [1.82, 2.24) is 13.9 Å². The number of aryl methyl sites for hydroxylation is 1. The number of hydrogen-bond acceptors (Lipinski definition) is 5. The minimum atomic E-state index is -3.83. The fourth-order valence-electron chi connectivity index (χ4n) is 3.13. The van der Waals surface area contributed by atoms with Gasteiger partial charge in [0.2, 0.25) is 10.0 Å². The van der Waals surface area contributed by atoms with Gasteiger partial charge in [0, 0.05) is 13.1 Å². The molecule has 1 aliphatic heterocycles. The van der Waals surface area contributed by atoms with Gasteiger partial charge in [-0.1, -0.05) is 0 Å². The van der Waals surface area contributed by atoms with Crippen LogP contribution in [0.15, 0.2) is 32.7 Å². The summed E-state index contributed by atoms with van der Waals surface area (Å²) in [5.74, 6) is 0. The lowest BCUT2D eigenvalue weighted by Crippen LogP contribution is -2.65. The minimum absolute atomic E-state index is 0.00798. The summed E-state index contributed by atoms with van der Waals surface area (Å²) in [6, 6.07) is 4.27. The van der Waals surface area contributed by atoms with Gasteiger partial charge in [-0.3, -0.25) is 13.9 Å². The Hall–Kier alpha value is -1.97. The SMILES string of the molecule is CCn1c(=O)c2cc(S(=O)(=O)N[C@@]3(C)CO[C@H]3C)ccc2n(CC)c1=O. The number of nitrogens with one attached hydrogen (secondary N) is 1. The highest BCUT2D eigenvalue weighted by Gasteiger charge is 2.44. The highest BCUT2D eigenvalue weighted by molar-refractivity contribution is 7.89. The van der Waals surface area contributed by atoms with Crippen LogP contribution in [0.1, 0.15) is 27.7 Å².